The highest BCUT2D eigenvalue weighted by molar-refractivity contribution is 6.01. The number of rotatable bonds is 2. The van der Waals surface area contributed by atoms with Gasteiger partial charge in [0.25, 0.3) is 0 Å². The van der Waals surface area contributed by atoms with Gasteiger partial charge in [0.2, 0.25) is 0 Å². The van der Waals surface area contributed by atoms with E-state index in [1.54, 1.807) is 0 Å². The van der Waals surface area contributed by atoms with E-state index in [2.05, 4.69) is 45.9 Å². The van der Waals surface area contributed by atoms with Crippen LogP contribution in [0.3, 0.4) is 0 Å². The molecule has 4 aliphatic rings. The van der Waals surface area contributed by atoms with E-state index >= 15 is 0 Å². The largest absolute Gasteiger partial charge is 0.290 e. The Hall–Kier alpha value is -1.11. The Bertz CT molecular complexity index is 653. The molecule has 3 fully saturated rings. The Kier molecular flexibility index (Phi) is 4.13. The van der Waals surface area contributed by atoms with Crippen molar-refractivity contribution < 1.29 is 4.79 Å². The van der Waals surface area contributed by atoms with Crippen molar-refractivity contribution in [2.24, 2.45) is 40.4 Å². The molecule has 0 saturated heterocycles. The van der Waals surface area contributed by atoms with Crippen molar-refractivity contribution in [2.45, 2.75) is 66.2 Å². The van der Waals surface area contributed by atoms with Gasteiger partial charge in [0.1, 0.15) is 0 Å². The first-order chi connectivity index (χ1) is 11.9. The summed E-state index contributed by atoms with van der Waals surface area (Å²) in [4.78, 5) is 11.9. The van der Waals surface area contributed by atoms with E-state index in [0.29, 0.717) is 11.3 Å². The molecule has 0 aromatic heterocycles. The molecule has 3 unspecified atom stereocenters. The van der Waals surface area contributed by atoms with Crippen molar-refractivity contribution in [3.63, 3.8) is 0 Å². The molecule has 4 rings (SSSR count). The minimum Gasteiger partial charge on any atom is -0.290 e. The summed E-state index contributed by atoms with van der Waals surface area (Å²) in [6.45, 7) is 9.62. The molecule has 1 nitrogen and oxygen atoms in total. The van der Waals surface area contributed by atoms with Gasteiger partial charge in [-0.3, -0.25) is 4.79 Å². The molecule has 0 bridgehead atoms. The Morgan fingerprint density at radius 1 is 1.16 bits per heavy atom. The van der Waals surface area contributed by atoms with E-state index in [4.69, 9.17) is 0 Å². The Labute approximate surface area is 153 Å². The summed E-state index contributed by atoms with van der Waals surface area (Å²) in [7, 11) is 0. The van der Waals surface area contributed by atoms with Gasteiger partial charge in [-0.05, 0) is 92.6 Å². The van der Waals surface area contributed by atoms with E-state index < -0.39 is 0 Å². The van der Waals surface area contributed by atoms with Crippen LogP contribution in [0.4, 0.5) is 0 Å². The number of ketones is 1. The fraction of sp³-hybridized carbons (Fsp3) is 0.708. The molecule has 0 aromatic carbocycles. The fourth-order valence-corrected chi connectivity index (χ4v) is 7.54. The SMILES string of the molecule is CC=C[C@H](C)[C@H]1CCC2C3CCC4=CC(=O)C=C[C@]4(C)C3CC[C@@]21C. The van der Waals surface area contributed by atoms with Gasteiger partial charge in [0, 0.05) is 5.41 Å². The average Bonchev–Trinajstić information content (AvgIpc) is 2.93. The average molecular weight is 339 g/mol. The monoisotopic (exact) mass is 338 g/mol. The number of carbonyl (C=O) groups is 1. The van der Waals surface area contributed by atoms with E-state index in [0.717, 1.165) is 30.1 Å². The Morgan fingerprint density at radius 2 is 1.96 bits per heavy atom. The molecule has 7 atom stereocenters. The molecule has 0 aliphatic heterocycles. The molecule has 1 heteroatoms. The smallest absolute Gasteiger partial charge is 0.178 e. The third-order valence-corrected chi connectivity index (χ3v) is 8.76. The first-order valence-electron chi connectivity index (χ1n) is 10.5. The zero-order valence-corrected chi connectivity index (χ0v) is 16.4. The summed E-state index contributed by atoms with van der Waals surface area (Å²) in [5.41, 5.74) is 2.08. The second kappa shape index (κ2) is 5.96. The van der Waals surface area contributed by atoms with Crippen molar-refractivity contribution in [3.05, 3.63) is 36.0 Å². The lowest BCUT2D eigenvalue weighted by molar-refractivity contribution is -0.111. The highest BCUT2D eigenvalue weighted by atomic mass is 16.1. The highest BCUT2D eigenvalue weighted by Gasteiger charge is 2.58. The molecule has 0 spiro atoms. The molecular formula is C24H34O. The van der Waals surface area contributed by atoms with Crippen molar-refractivity contribution in [1.29, 1.82) is 0 Å². The molecule has 136 valence electrons. The van der Waals surface area contributed by atoms with Crippen LogP contribution in [0.1, 0.15) is 66.2 Å². The third-order valence-electron chi connectivity index (χ3n) is 8.76. The molecule has 0 amide bonds. The summed E-state index contributed by atoms with van der Waals surface area (Å²) in [5, 5.41) is 0. The molecule has 0 aromatic rings. The van der Waals surface area contributed by atoms with Gasteiger partial charge in [-0.15, -0.1) is 0 Å². The highest BCUT2D eigenvalue weighted by Crippen LogP contribution is 2.66. The van der Waals surface area contributed by atoms with E-state index in [9.17, 15) is 4.79 Å². The van der Waals surface area contributed by atoms with Crippen molar-refractivity contribution in [1.82, 2.24) is 0 Å². The van der Waals surface area contributed by atoms with Crippen LogP contribution in [0.2, 0.25) is 0 Å². The molecular weight excluding hydrogens is 304 g/mol. The maximum absolute atomic E-state index is 11.9. The van der Waals surface area contributed by atoms with Crippen LogP contribution in [0.15, 0.2) is 36.0 Å². The zero-order valence-electron chi connectivity index (χ0n) is 16.4. The first-order valence-corrected chi connectivity index (χ1v) is 10.5. The number of hydrogen-bond donors (Lipinski definition) is 0. The van der Waals surface area contributed by atoms with Gasteiger partial charge in [0.15, 0.2) is 5.78 Å². The second-order valence-electron chi connectivity index (χ2n) is 9.72. The van der Waals surface area contributed by atoms with Crippen LogP contribution in [0.5, 0.6) is 0 Å². The minimum absolute atomic E-state index is 0.144. The van der Waals surface area contributed by atoms with Crippen molar-refractivity contribution >= 4 is 5.78 Å². The number of carbonyl (C=O) groups excluding carboxylic acids is 1. The lowest BCUT2D eigenvalue weighted by Crippen LogP contribution is -2.50. The fourth-order valence-electron chi connectivity index (χ4n) is 7.54. The number of fused-ring (bicyclic) bond motifs is 5. The summed E-state index contributed by atoms with van der Waals surface area (Å²) in [6, 6.07) is 0. The second-order valence-corrected chi connectivity index (χ2v) is 9.72. The van der Waals surface area contributed by atoms with Crippen molar-refractivity contribution in [3.8, 4) is 0 Å². The minimum atomic E-state index is 0.144. The van der Waals surface area contributed by atoms with Gasteiger partial charge in [-0.25, -0.2) is 0 Å². The van der Waals surface area contributed by atoms with Crippen LogP contribution >= 0.6 is 0 Å². The molecule has 3 saturated carbocycles. The van der Waals surface area contributed by atoms with Gasteiger partial charge < -0.3 is 0 Å². The maximum Gasteiger partial charge on any atom is 0.178 e. The van der Waals surface area contributed by atoms with Gasteiger partial charge in [-0.1, -0.05) is 44.6 Å². The lowest BCUT2D eigenvalue weighted by atomic mass is 9.47. The predicted octanol–water partition coefficient (Wildman–Crippen LogP) is 6.12. The molecule has 4 aliphatic carbocycles. The Morgan fingerprint density at radius 3 is 2.72 bits per heavy atom. The lowest BCUT2D eigenvalue weighted by Gasteiger charge is -2.57. The zero-order chi connectivity index (χ0) is 17.8. The third kappa shape index (κ3) is 2.45. The first kappa shape index (κ1) is 17.3. The van der Waals surface area contributed by atoms with Gasteiger partial charge >= 0.3 is 0 Å². The van der Waals surface area contributed by atoms with Crippen LogP contribution in [0, 0.1) is 40.4 Å². The summed E-state index contributed by atoms with van der Waals surface area (Å²) in [6.07, 6.45) is 18.7. The predicted molar refractivity (Wildman–Crippen MR) is 104 cm³/mol. The summed E-state index contributed by atoms with van der Waals surface area (Å²) >= 11 is 0. The normalized spacial score (nSPS) is 47.2. The van der Waals surface area contributed by atoms with E-state index in [1.165, 1.54) is 37.7 Å². The van der Waals surface area contributed by atoms with Crippen molar-refractivity contribution in [2.75, 3.05) is 0 Å². The van der Waals surface area contributed by atoms with E-state index in [1.807, 2.05) is 12.2 Å². The maximum atomic E-state index is 11.9. The number of allylic oxidation sites excluding steroid dienone is 6. The van der Waals surface area contributed by atoms with E-state index in [-0.39, 0.29) is 11.2 Å². The van der Waals surface area contributed by atoms with Gasteiger partial charge in [0.05, 0.1) is 0 Å². The van der Waals surface area contributed by atoms with Crippen LogP contribution in [-0.4, -0.2) is 5.78 Å². The topological polar surface area (TPSA) is 17.1 Å². The van der Waals surface area contributed by atoms with Crippen LogP contribution in [-0.2, 0) is 4.79 Å². The standard InChI is InChI=1S/C24H34O/c1-5-6-16(2)20-9-10-21-19-8-7-17-15-18(25)11-13-23(17,3)22(19)12-14-24(20,21)4/h5-6,11,13,15-16,19-22H,7-10,12,14H2,1-4H3/t16-,19?,20+,21?,22?,23-,24+/m0/s1. The molecule has 0 heterocycles. The summed E-state index contributed by atoms with van der Waals surface area (Å²) < 4.78 is 0. The molecule has 25 heavy (non-hydrogen) atoms. The van der Waals surface area contributed by atoms with Crippen LogP contribution < -0.4 is 0 Å². The molecule has 0 radical (unpaired) electrons. The van der Waals surface area contributed by atoms with Crippen LogP contribution in [0.25, 0.3) is 0 Å². The Balaban J connectivity index is 1.63. The number of hydrogen-bond acceptors (Lipinski definition) is 1. The molecule has 0 N–H and O–H groups in total. The quantitative estimate of drug-likeness (QED) is 0.554. The summed E-state index contributed by atoms with van der Waals surface area (Å²) in [5.74, 6) is 4.23. The van der Waals surface area contributed by atoms with Gasteiger partial charge in [-0.2, -0.15) is 0 Å².